The molecular formula is C19H17N5O. The molecule has 0 bridgehead atoms. The number of benzene rings is 1. The Kier molecular flexibility index (Phi) is 4.31. The first-order valence-corrected chi connectivity index (χ1v) is 7.82. The lowest BCUT2D eigenvalue weighted by atomic mass is 10.1. The summed E-state index contributed by atoms with van der Waals surface area (Å²) in [5, 5.41) is 20.1. The summed E-state index contributed by atoms with van der Waals surface area (Å²) in [6.45, 7) is 5.66. The van der Waals surface area contributed by atoms with E-state index in [0.29, 0.717) is 11.3 Å². The van der Waals surface area contributed by atoms with E-state index in [1.807, 2.05) is 61.0 Å². The van der Waals surface area contributed by atoms with Crippen LogP contribution in [0.15, 0.2) is 35.1 Å². The van der Waals surface area contributed by atoms with Gasteiger partial charge in [0.15, 0.2) is 0 Å². The van der Waals surface area contributed by atoms with Gasteiger partial charge in [0.05, 0.1) is 17.1 Å². The highest BCUT2D eigenvalue weighted by Gasteiger charge is 2.12. The number of para-hydroxylation sites is 1. The highest BCUT2D eigenvalue weighted by atomic mass is 16.1. The average Bonchev–Trinajstić information content (AvgIpc) is 2.90. The third-order valence-corrected chi connectivity index (χ3v) is 4.13. The Balaban J connectivity index is 2.03. The number of nitriles is 1. The van der Waals surface area contributed by atoms with Crippen molar-refractivity contribution < 1.29 is 0 Å². The lowest BCUT2D eigenvalue weighted by Crippen LogP contribution is -2.15. The van der Waals surface area contributed by atoms with Crippen molar-refractivity contribution >= 4 is 12.2 Å². The number of hydrogen-bond acceptors (Lipinski definition) is 4. The molecule has 2 aromatic heterocycles. The van der Waals surface area contributed by atoms with Crippen molar-refractivity contribution in [3.8, 4) is 11.8 Å². The van der Waals surface area contributed by atoms with Crippen LogP contribution in [-0.4, -0.2) is 20.0 Å². The van der Waals surface area contributed by atoms with Gasteiger partial charge in [-0.15, -0.1) is 0 Å². The first kappa shape index (κ1) is 16.4. The molecule has 0 amide bonds. The van der Waals surface area contributed by atoms with Gasteiger partial charge in [0, 0.05) is 11.3 Å². The van der Waals surface area contributed by atoms with Gasteiger partial charge in [0.2, 0.25) is 0 Å². The van der Waals surface area contributed by atoms with Crippen molar-refractivity contribution in [2.75, 3.05) is 0 Å². The number of nitrogens with one attached hydrogen (secondary N) is 1. The minimum atomic E-state index is -0.471. The summed E-state index contributed by atoms with van der Waals surface area (Å²) < 4.78 is 1.89. The number of aromatic nitrogens is 4. The van der Waals surface area contributed by atoms with Gasteiger partial charge in [0.25, 0.3) is 5.56 Å². The van der Waals surface area contributed by atoms with Crippen molar-refractivity contribution in [1.82, 2.24) is 20.0 Å². The minimum absolute atomic E-state index is 0.0862. The zero-order chi connectivity index (χ0) is 18.0. The largest absolute Gasteiger partial charge is 0.282 e. The second kappa shape index (κ2) is 6.57. The molecule has 0 spiro atoms. The Hall–Kier alpha value is -3.46. The fraction of sp³-hybridized carbons (Fsp3) is 0.158. The zero-order valence-corrected chi connectivity index (χ0v) is 14.2. The van der Waals surface area contributed by atoms with Crippen LogP contribution >= 0.6 is 0 Å². The fourth-order valence-electron chi connectivity index (χ4n) is 2.72. The second-order valence-electron chi connectivity index (χ2n) is 5.71. The smallest absolute Gasteiger partial charge is 0.267 e. The normalized spacial score (nSPS) is 11.0. The number of aromatic amines is 1. The predicted molar refractivity (Wildman–Crippen MR) is 96.3 cm³/mol. The van der Waals surface area contributed by atoms with E-state index in [1.165, 1.54) is 0 Å². The SMILES string of the molecule is Cc1nn(-c2ccccc2)c(C)c1/C=C/c1n[nH]c(=O)c(C#N)c1C. The molecule has 0 aliphatic heterocycles. The average molecular weight is 331 g/mol. The maximum Gasteiger partial charge on any atom is 0.282 e. The number of aryl methyl sites for hydroxylation is 1. The third-order valence-electron chi connectivity index (χ3n) is 4.13. The van der Waals surface area contributed by atoms with Crippen LogP contribution in [-0.2, 0) is 0 Å². The van der Waals surface area contributed by atoms with Gasteiger partial charge in [-0.3, -0.25) is 4.79 Å². The molecule has 6 nitrogen and oxygen atoms in total. The lowest BCUT2D eigenvalue weighted by molar-refractivity contribution is 0.833. The molecule has 0 saturated heterocycles. The van der Waals surface area contributed by atoms with Crippen LogP contribution in [0.5, 0.6) is 0 Å². The van der Waals surface area contributed by atoms with Gasteiger partial charge in [0.1, 0.15) is 11.6 Å². The standard InChI is InChI=1S/C19H17N5O/c1-12-17(11-20)19(25)22-21-18(12)10-9-16-13(2)23-24(14(16)3)15-7-5-4-6-8-15/h4-10H,1-3H3,(H,22,25)/b10-9+. The maximum atomic E-state index is 11.6. The molecule has 0 atom stereocenters. The molecule has 0 radical (unpaired) electrons. The Morgan fingerprint density at radius 1 is 1.16 bits per heavy atom. The predicted octanol–water partition coefficient (Wildman–Crippen LogP) is 2.92. The molecule has 3 rings (SSSR count). The fourth-order valence-corrected chi connectivity index (χ4v) is 2.72. The van der Waals surface area contributed by atoms with Gasteiger partial charge >= 0.3 is 0 Å². The number of hydrogen-bond donors (Lipinski definition) is 1. The molecule has 2 heterocycles. The van der Waals surface area contributed by atoms with Crippen molar-refractivity contribution in [3.63, 3.8) is 0 Å². The van der Waals surface area contributed by atoms with Gasteiger partial charge < -0.3 is 0 Å². The highest BCUT2D eigenvalue weighted by molar-refractivity contribution is 5.72. The molecule has 25 heavy (non-hydrogen) atoms. The molecule has 0 aliphatic rings. The first-order valence-electron chi connectivity index (χ1n) is 7.82. The van der Waals surface area contributed by atoms with E-state index in [1.54, 1.807) is 13.0 Å². The Morgan fingerprint density at radius 3 is 2.56 bits per heavy atom. The molecule has 1 aromatic carbocycles. The van der Waals surface area contributed by atoms with Gasteiger partial charge in [-0.2, -0.15) is 15.5 Å². The Labute approximate surface area is 145 Å². The summed E-state index contributed by atoms with van der Waals surface area (Å²) in [5.41, 5.74) is 4.60. The van der Waals surface area contributed by atoms with E-state index in [9.17, 15) is 4.79 Å². The van der Waals surface area contributed by atoms with Gasteiger partial charge in [-0.05, 0) is 50.6 Å². The maximum absolute atomic E-state index is 11.6. The van der Waals surface area contributed by atoms with E-state index in [0.717, 1.165) is 22.6 Å². The van der Waals surface area contributed by atoms with E-state index >= 15 is 0 Å². The van der Waals surface area contributed by atoms with Crippen LogP contribution in [0.2, 0.25) is 0 Å². The quantitative estimate of drug-likeness (QED) is 0.799. The summed E-state index contributed by atoms with van der Waals surface area (Å²) in [7, 11) is 0. The zero-order valence-electron chi connectivity index (χ0n) is 14.2. The molecule has 124 valence electrons. The van der Waals surface area contributed by atoms with E-state index in [-0.39, 0.29) is 5.56 Å². The molecule has 6 heteroatoms. The number of rotatable bonds is 3. The molecular weight excluding hydrogens is 314 g/mol. The monoisotopic (exact) mass is 331 g/mol. The van der Waals surface area contributed by atoms with E-state index < -0.39 is 5.56 Å². The van der Waals surface area contributed by atoms with Gasteiger partial charge in [-0.25, -0.2) is 9.78 Å². The molecule has 3 aromatic rings. The van der Waals surface area contributed by atoms with Crippen LogP contribution in [0, 0.1) is 32.1 Å². The van der Waals surface area contributed by atoms with Gasteiger partial charge in [-0.1, -0.05) is 18.2 Å². The molecule has 0 saturated carbocycles. The van der Waals surface area contributed by atoms with Crippen molar-refractivity contribution in [2.24, 2.45) is 0 Å². The minimum Gasteiger partial charge on any atom is -0.267 e. The van der Waals surface area contributed by atoms with Crippen LogP contribution in [0.4, 0.5) is 0 Å². The summed E-state index contributed by atoms with van der Waals surface area (Å²) in [5.74, 6) is 0. The van der Waals surface area contributed by atoms with Crippen molar-refractivity contribution in [3.05, 3.63) is 74.5 Å². The number of nitrogens with zero attached hydrogens (tertiary/aromatic N) is 4. The highest BCUT2D eigenvalue weighted by Crippen LogP contribution is 2.20. The topological polar surface area (TPSA) is 87.4 Å². The molecule has 0 fully saturated rings. The summed E-state index contributed by atoms with van der Waals surface area (Å²) in [4.78, 5) is 11.6. The first-order chi connectivity index (χ1) is 12.0. The summed E-state index contributed by atoms with van der Waals surface area (Å²) in [6, 6.07) is 11.8. The van der Waals surface area contributed by atoms with Crippen molar-refractivity contribution in [1.29, 1.82) is 5.26 Å². The third kappa shape index (κ3) is 3.00. The van der Waals surface area contributed by atoms with Crippen LogP contribution in [0.3, 0.4) is 0 Å². The number of H-pyrrole nitrogens is 1. The van der Waals surface area contributed by atoms with Crippen molar-refractivity contribution in [2.45, 2.75) is 20.8 Å². The lowest BCUT2D eigenvalue weighted by Gasteiger charge is -2.04. The van der Waals surface area contributed by atoms with Crippen LogP contribution < -0.4 is 5.56 Å². The molecule has 0 aliphatic carbocycles. The summed E-state index contributed by atoms with van der Waals surface area (Å²) >= 11 is 0. The summed E-state index contributed by atoms with van der Waals surface area (Å²) in [6.07, 6.45) is 3.70. The molecule has 1 N–H and O–H groups in total. The van der Waals surface area contributed by atoms with Crippen LogP contribution in [0.25, 0.3) is 17.8 Å². The molecule has 0 unspecified atom stereocenters. The van der Waals surface area contributed by atoms with E-state index in [2.05, 4.69) is 15.3 Å². The second-order valence-corrected chi connectivity index (χ2v) is 5.71. The Morgan fingerprint density at radius 2 is 1.88 bits per heavy atom. The van der Waals surface area contributed by atoms with E-state index in [4.69, 9.17) is 5.26 Å². The van der Waals surface area contributed by atoms with Crippen LogP contribution in [0.1, 0.15) is 33.8 Å². The Bertz CT molecular complexity index is 1050.